The van der Waals surface area contributed by atoms with Gasteiger partial charge in [-0.25, -0.2) is 4.39 Å². The van der Waals surface area contributed by atoms with Crippen molar-refractivity contribution in [2.24, 2.45) is 0 Å². The van der Waals surface area contributed by atoms with E-state index in [2.05, 4.69) is 5.32 Å². The largest absolute Gasteiger partial charge is 0.323 e. The molecule has 4 rings (SSSR count). The van der Waals surface area contributed by atoms with Crippen LogP contribution >= 0.6 is 0 Å². The highest BCUT2D eigenvalue weighted by molar-refractivity contribution is 6.05. The molecule has 0 unspecified atom stereocenters. The summed E-state index contributed by atoms with van der Waals surface area (Å²) >= 11 is 0. The number of amides is 1. The zero-order chi connectivity index (χ0) is 15.2. The van der Waals surface area contributed by atoms with Crippen LogP contribution in [0.1, 0.15) is 11.1 Å². The van der Waals surface area contributed by atoms with E-state index >= 15 is 4.39 Å². The van der Waals surface area contributed by atoms with Crippen molar-refractivity contribution in [2.75, 3.05) is 5.32 Å². The molecule has 3 aromatic rings. The molecule has 0 bridgehead atoms. The lowest BCUT2D eigenvalue weighted by atomic mass is 9.88. The third kappa shape index (κ3) is 1.82. The monoisotopic (exact) mass is 291 g/mol. The van der Waals surface area contributed by atoms with E-state index in [0.29, 0.717) is 11.3 Å². The molecule has 1 aliphatic heterocycles. The molecule has 3 aromatic carbocycles. The Hall–Kier alpha value is -2.68. The second-order valence-electron chi connectivity index (χ2n) is 5.62. The molecule has 2 nitrogen and oxygen atoms in total. The summed E-state index contributed by atoms with van der Waals surface area (Å²) in [6.07, 6.45) is 0.0389. The number of fused-ring (bicyclic) bond motifs is 2. The van der Waals surface area contributed by atoms with E-state index in [9.17, 15) is 4.79 Å². The molecule has 22 heavy (non-hydrogen) atoms. The van der Waals surface area contributed by atoms with Gasteiger partial charge in [0.25, 0.3) is 5.91 Å². The van der Waals surface area contributed by atoms with E-state index in [0.717, 1.165) is 16.3 Å². The summed E-state index contributed by atoms with van der Waals surface area (Å²) < 4.78 is 15.5. The van der Waals surface area contributed by atoms with Crippen LogP contribution < -0.4 is 5.32 Å². The standard InChI is InChI=1S/C19H14FNO/c20-19(16-10-3-4-11-17(16)21-18(19)22)12-14-8-5-7-13-6-1-2-9-15(13)14/h1-11H,12H2,(H,21,22)/t19-/m1/s1. The Bertz CT molecular complexity index is 884. The molecule has 1 N–H and O–H groups in total. The fraction of sp³-hybridized carbons (Fsp3) is 0.105. The number of hydrogen-bond acceptors (Lipinski definition) is 1. The van der Waals surface area contributed by atoms with Crippen molar-refractivity contribution in [3.63, 3.8) is 0 Å². The van der Waals surface area contributed by atoms with Gasteiger partial charge in [-0.05, 0) is 22.4 Å². The highest BCUT2D eigenvalue weighted by Gasteiger charge is 2.47. The smallest absolute Gasteiger partial charge is 0.267 e. The van der Waals surface area contributed by atoms with Crippen LogP contribution in [0.2, 0.25) is 0 Å². The summed E-state index contributed by atoms with van der Waals surface area (Å²) in [5.41, 5.74) is -0.184. The quantitative estimate of drug-likeness (QED) is 0.753. The molecule has 0 spiro atoms. The van der Waals surface area contributed by atoms with Gasteiger partial charge in [0.15, 0.2) is 0 Å². The molecule has 0 aliphatic carbocycles. The number of alkyl halides is 1. The molecule has 0 aromatic heterocycles. The van der Waals surface area contributed by atoms with Crippen LogP contribution in [0.15, 0.2) is 66.7 Å². The van der Waals surface area contributed by atoms with E-state index in [4.69, 9.17) is 0 Å². The normalized spacial score (nSPS) is 20.0. The number of halogens is 1. The van der Waals surface area contributed by atoms with Crippen LogP contribution in [0, 0.1) is 0 Å². The zero-order valence-electron chi connectivity index (χ0n) is 11.8. The molecule has 1 amide bonds. The van der Waals surface area contributed by atoms with Gasteiger partial charge in [0.05, 0.1) is 0 Å². The number of para-hydroxylation sites is 1. The predicted molar refractivity (Wildman–Crippen MR) is 85.5 cm³/mol. The third-order valence-electron chi connectivity index (χ3n) is 4.28. The number of benzene rings is 3. The van der Waals surface area contributed by atoms with E-state index < -0.39 is 11.6 Å². The lowest BCUT2D eigenvalue weighted by Crippen LogP contribution is -2.32. The van der Waals surface area contributed by atoms with Crippen LogP contribution in [0.25, 0.3) is 10.8 Å². The van der Waals surface area contributed by atoms with Crippen LogP contribution in [0.3, 0.4) is 0 Å². The number of nitrogens with one attached hydrogen (secondary N) is 1. The molecular formula is C19H14FNO. The lowest BCUT2D eigenvalue weighted by molar-refractivity contribution is -0.126. The second kappa shape index (κ2) is 4.67. The van der Waals surface area contributed by atoms with Crippen molar-refractivity contribution >= 4 is 22.4 Å². The van der Waals surface area contributed by atoms with Gasteiger partial charge in [0.2, 0.25) is 5.67 Å². The van der Waals surface area contributed by atoms with Crippen LogP contribution in [0.5, 0.6) is 0 Å². The van der Waals surface area contributed by atoms with E-state index in [1.165, 1.54) is 0 Å². The first-order chi connectivity index (χ1) is 10.7. The fourth-order valence-corrected chi connectivity index (χ4v) is 3.17. The molecule has 108 valence electrons. The first-order valence-corrected chi connectivity index (χ1v) is 7.25. The topological polar surface area (TPSA) is 29.1 Å². The molecule has 1 atom stereocenters. The van der Waals surface area contributed by atoms with Crippen LogP contribution in [-0.2, 0) is 16.9 Å². The van der Waals surface area contributed by atoms with Gasteiger partial charge < -0.3 is 5.32 Å². The molecule has 0 saturated heterocycles. The van der Waals surface area contributed by atoms with Crippen molar-refractivity contribution in [3.8, 4) is 0 Å². The molecular weight excluding hydrogens is 277 g/mol. The van der Waals surface area contributed by atoms with Gasteiger partial charge in [-0.2, -0.15) is 0 Å². The Morgan fingerprint density at radius 3 is 2.55 bits per heavy atom. The Morgan fingerprint density at radius 1 is 0.909 bits per heavy atom. The number of rotatable bonds is 2. The van der Waals surface area contributed by atoms with E-state index in [1.54, 1.807) is 24.3 Å². The molecule has 3 heteroatoms. The summed E-state index contributed by atoms with van der Waals surface area (Å²) in [6, 6.07) is 20.6. The average Bonchev–Trinajstić information content (AvgIpc) is 2.79. The fourth-order valence-electron chi connectivity index (χ4n) is 3.17. The van der Waals surface area contributed by atoms with Crippen molar-refractivity contribution in [1.29, 1.82) is 0 Å². The predicted octanol–water partition coefficient (Wildman–Crippen LogP) is 4.20. The average molecular weight is 291 g/mol. The first-order valence-electron chi connectivity index (χ1n) is 7.25. The number of anilines is 1. The zero-order valence-corrected chi connectivity index (χ0v) is 11.8. The number of carbonyl (C=O) groups excluding carboxylic acids is 1. The van der Waals surface area contributed by atoms with Crippen molar-refractivity contribution in [3.05, 3.63) is 77.9 Å². The van der Waals surface area contributed by atoms with Gasteiger partial charge >= 0.3 is 0 Å². The second-order valence-corrected chi connectivity index (χ2v) is 5.62. The first kappa shape index (κ1) is 13.0. The maximum absolute atomic E-state index is 15.5. The lowest BCUT2D eigenvalue weighted by Gasteiger charge is -2.19. The summed E-state index contributed by atoms with van der Waals surface area (Å²) in [5.74, 6) is -0.582. The van der Waals surface area contributed by atoms with Gasteiger partial charge in [0.1, 0.15) is 0 Å². The minimum atomic E-state index is -2.01. The van der Waals surface area contributed by atoms with Crippen molar-refractivity contribution < 1.29 is 9.18 Å². The highest BCUT2D eigenvalue weighted by atomic mass is 19.1. The number of hydrogen-bond donors (Lipinski definition) is 1. The summed E-state index contributed by atoms with van der Waals surface area (Å²) in [5, 5.41) is 4.68. The van der Waals surface area contributed by atoms with Crippen LogP contribution in [-0.4, -0.2) is 5.91 Å². The molecule has 0 fully saturated rings. The Labute approximate surface area is 127 Å². The molecule has 1 aliphatic rings. The maximum atomic E-state index is 15.5. The maximum Gasteiger partial charge on any atom is 0.267 e. The number of carbonyl (C=O) groups is 1. The van der Waals surface area contributed by atoms with E-state index in [-0.39, 0.29) is 6.42 Å². The summed E-state index contributed by atoms with van der Waals surface area (Å²) in [6.45, 7) is 0. The van der Waals surface area contributed by atoms with E-state index in [1.807, 2.05) is 42.5 Å². The summed E-state index contributed by atoms with van der Waals surface area (Å²) in [7, 11) is 0. The van der Waals surface area contributed by atoms with Gasteiger partial charge in [-0.1, -0.05) is 60.7 Å². The van der Waals surface area contributed by atoms with Gasteiger partial charge in [0, 0.05) is 17.7 Å². The molecule has 1 heterocycles. The SMILES string of the molecule is O=C1Nc2ccccc2[C@]1(F)Cc1cccc2ccccc12. The highest BCUT2D eigenvalue weighted by Crippen LogP contribution is 2.42. The van der Waals surface area contributed by atoms with Gasteiger partial charge in [-0.3, -0.25) is 4.79 Å². The third-order valence-corrected chi connectivity index (χ3v) is 4.28. The van der Waals surface area contributed by atoms with Crippen molar-refractivity contribution in [2.45, 2.75) is 12.1 Å². The molecule has 0 saturated carbocycles. The summed E-state index contributed by atoms with van der Waals surface area (Å²) in [4.78, 5) is 12.2. The van der Waals surface area contributed by atoms with Gasteiger partial charge in [-0.15, -0.1) is 0 Å². The van der Waals surface area contributed by atoms with Crippen molar-refractivity contribution in [1.82, 2.24) is 0 Å². The Kier molecular flexibility index (Phi) is 2.76. The minimum Gasteiger partial charge on any atom is -0.323 e. The Balaban J connectivity index is 1.84. The Morgan fingerprint density at radius 2 is 1.64 bits per heavy atom. The van der Waals surface area contributed by atoms with Crippen LogP contribution in [0.4, 0.5) is 10.1 Å². The minimum absolute atomic E-state index is 0.0389. The molecule has 0 radical (unpaired) electrons.